The Kier molecular flexibility index (Phi) is 2.71. The number of rotatable bonds is 3. The second kappa shape index (κ2) is 3.90. The number of aromatic nitrogens is 4. The van der Waals surface area contributed by atoms with Crippen LogP contribution in [0.3, 0.4) is 0 Å². The van der Waals surface area contributed by atoms with E-state index in [-0.39, 0.29) is 6.04 Å². The molecule has 0 radical (unpaired) electrons. The maximum absolute atomic E-state index is 5.33. The average Bonchev–Trinajstić information content (AvgIpc) is 2.75. The number of nitrogens with zero attached hydrogens (tertiary/aromatic N) is 3. The van der Waals surface area contributed by atoms with Crippen molar-refractivity contribution in [2.45, 2.75) is 33.4 Å². The Morgan fingerprint density at radius 2 is 2.31 bits per heavy atom. The van der Waals surface area contributed by atoms with E-state index >= 15 is 0 Å². The summed E-state index contributed by atoms with van der Waals surface area (Å²) in [5, 5.41) is 4.47. The van der Waals surface area contributed by atoms with Crippen LogP contribution in [0.4, 0.5) is 0 Å². The maximum atomic E-state index is 5.33. The second-order valence-electron chi connectivity index (χ2n) is 3.88. The number of H-pyrrole nitrogens is 1. The van der Waals surface area contributed by atoms with Gasteiger partial charge in [-0.15, -0.1) is 6.58 Å². The molecule has 2 aromatic rings. The van der Waals surface area contributed by atoms with E-state index in [2.05, 4.69) is 35.1 Å². The van der Waals surface area contributed by atoms with Crippen LogP contribution in [-0.4, -0.2) is 19.3 Å². The molecular weight excluding hydrogens is 220 g/mol. The molecule has 1 N–H and O–H groups in total. The van der Waals surface area contributed by atoms with Crippen LogP contribution < -0.4 is 0 Å². The molecule has 0 aliphatic rings. The summed E-state index contributed by atoms with van der Waals surface area (Å²) in [4.78, 5) is 3.21. The second-order valence-corrected chi connectivity index (χ2v) is 4.26. The molecule has 0 aromatic carbocycles. The summed E-state index contributed by atoms with van der Waals surface area (Å²) in [6, 6.07) is 0.169. The predicted molar refractivity (Wildman–Crippen MR) is 68.2 cm³/mol. The van der Waals surface area contributed by atoms with Gasteiger partial charge in [-0.25, -0.2) is 4.68 Å². The van der Waals surface area contributed by atoms with Crippen molar-refractivity contribution in [3.05, 3.63) is 23.1 Å². The summed E-state index contributed by atoms with van der Waals surface area (Å²) in [6.45, 7) is 10.8. The van der Waals surface area contributed by atoms with Crippen molar-refractivity contribution < 1.29 is 0 Å². The summed E-state index contributed by atoms with van der Waals surface area (Å²) in [5.74, 6) is 0. The summed E-state index contributed by atoms with van der Waals surface area (Å²) in [7, 11) is 0. The molecule has 2 rings (SSSR count). The van der Waals surface area contributed by atoms with Crippen molar-refractivity contribution in [3.8, 4) is 0 Å². The largest absolute Gasteiger partial charge is 0.328 e. The SMILES string of the molecule is C=CC(C)n1c(=S)[nH]c2c(C)nn(CC)c21. The molecule has 2 aromatic heterocycles. The van der Waals surface area contributed by atoms with Crippen LogP contribution in [0, 0.1) is 11.7 Å². The van der Waals surface area contributed by atoms with Gasteiger partial charge >= 0.3 is 0 Å². The first-order valence-electron chi connectivity index (χ1n) is 5.40. The van der Waals surface area contributed by atoms with Crippen LogP contribution >= 0.6 is 12.2 Å². The fraction of sp³-hybridized carbons (Fsp3) is 0.455. The maximum Gasteiger partial charge on any atom is 0.179 e. The van der Waals surface area contributed by atoms with E-state index in [1.165, 1.54) is 0 Å². The number of fused-ring (bicyclic) bond motifs is 1. The van der Waals surface area contributed by atoms with Gasteiger partial charge in [-0.2, -0.15) is 5.10 Å². The van der Waals surface area contributed by atoms with Crippen molar-refractivity contribution >= 4 is 23.4 Å². The van der Waals surface area contributed by atoms with Gasteiger partial charge in [0.1, 0.15) is 5.52 Å². The van der Waals surface area contributed by atoms with Crippen LogP contribution in [-0.2, 0) is 6.54 Å². The fourth-order valence-corrected chi connectivity index (χ4v) is 2.28. The fourth-order valence-electron chi connectivity index (χ4n) is 1.93. The highest BCUT2D eigenvalue weighted by atomic mass is 32.1. The number of aryl methyl sites for hydroxylation is 2. The van der Waals surface area contributed by atoms with E-state index in [4.69, 9.17) is 12.2 Å². The lowest BCUT2D eigenvalue weighted by atomic mass is 10.3. The number of imidazole rings is 1. The monoisotopic (exact) mass is 236 g/mol. The molecule has 5 heteroatoms. The normalized spacial score (nSPS) is 13.2. The topological polar surface area (TPSA) is 38.5 Å². The lowest BCUT2D eigenvalue weighted by Gasteiger charge is -2.10. The third-order valence-electron chi connectivity index (χ3n) is 2.83. The molecule has 2 heterocycles. The molecule has 0 saturated carbocycles. The van der Waals surface area contributed by atoms with Gasteiger partial charge in [0, 0.05) is 6.54 Å². The number of hydrogen-bond acceptors (Lipinski definition) is 2. The van der Waals surface area contributed by atoms with Gasteiger partial charge in [-0.3, -0.25) is 4.57 Å². The molecule has 4 nitrogen and oxygen atoms in total. The molecular formula is C11H16N4S. The number of allylic oxidation sites excluding steroid dienone is 1. The van der Waals surface area contributed by atoms with E-state index in [0.717, 1.165) is 28.2 Å². The van der Waals surface area contributed by atoms with Crippen molar-refractivity contribution in [2.75, 3.05) is 0 Å². The van der Waals surface area contributed by atoms with Crippen LogP contribution in [0.2, 0.25) is 0 Å². The summed E-state index contributed by atoms with van der Waals surface area (Å²) >= 11 is 5.33. The van der Waals surface area contributed by atoms with Crippen molar-refractivity contribution in [2.24, 2.45) is 0 Å². The summed E-state index contributed by atoms with van der Waals surface area (Å²) < 4.78 is 4.75. The lowest BCUT2D eigenvalue weighted by Crippen LogP contribution is -2.07. The summed E-state index contributed by atoms with van der Waals surface area (Å²) in [6.07, 6.45) is 1.88. The van der Waals surface area contributed by atoms with Crippen LogP contribution in [0.15, 0.2) is 12.7 Å². The zero-order valence-electron chi connectivity index (χ0n) is 9.82. The molecule has 86 valence electrons. The number of hydrogen-bond donors (Lipinski definition) is 1. The first kappa shape index (κ1) is 11.1. The minimum atomic E-state index is 0.169. The third-order valence-corrected chi connectivity index (χ3v) is 3.13. The number of aromatic amines is 1. The smallest absolute Gasteiger partial charge is 0.179 e. The van der Waals surface area contributed by atoms with E-state index < -0.39 is 0 Å². The average molecular weight is 236 g/mol. The summed E-state index contributed by atoms with van der Waals surface area (Å²) in [5.41, 5.74) is 3.07. The Morgan fingerprint density at radius 3 is 2.88 bits per heavy atom. The van der Waals surface area contributed by atoms with Gasteiger partial charge in [-0.05, 0) is 33.0 Å². The van der Waals surface area contributed by atoms with Gasteiger partial charge in [0.05, 0.1) is 11.7 Å². The Balaban J connectivity index is 2.86. The van der Waals surface area contributed by atoms with Crippen molar-refractivity contribution in [3.63, 3.8) is 0 Å². The molecule has 0 aliphatic heterocycles. The van der Waals surface area contributed by atoms with E-state index in [0.29, 0.717) is 0 Å². The molecule has 16 heavy (non-hydrogen) atoms. The molecule has 0 aliphatic carbocycles. The molecule has 0 amide bonds. The molecule has 0 bridgehead atoms. The van der Waals surface area contributed by atoms with E-state index in [1.807, 2.05) is 17.7 Å². The molecule has 0 saturated heterocycles. The standard InChI is InChI=1S/C11H16N4S/c1-5-7(3)15-10-9(12-11(15)16)8(4)13-14(10)6-2/h5,7H,1,6H2,2-4H3,(H,12,16). The van der Waals surface area contributed by atoms with Crippen LogP contribution in [0.25, 0.3) is 11.2 Å². The van der Waals surface area contributed by atoms with Gasteiger partial charge in [0.15, 0.2) is 10.4 Å². The first-order chi connectivity index (χ1) is 7.60. The zero-order valence-corrected chi connectivity index (χ0v) is 10.6. The highest BCUT2D eigenvalue weighted by Crippen LogP contribution is 2.22. The minimum absolute atomic E-state index is 0.169. The van der Waals surface area contributed by atoms with Gasteiger partial charge in [-0.1, -0.05) is 6.08 Å². The molecule has 0 fully saturated rings. The third kappa shape index (κ3) is 1.43. The van der Waals surface area contributed by atoms with Crippen LogP contribution in [0.1, 0.15) is 25.6 Å². The van der Waals surface area contributed by atoms with Crippen LogP contribution in [0.5, 0.6) is 0 Å². The van der Waals surface area contributed by atoms with E-state index in [1.54, 1.807) is 0 Å². The molecule has 1 unspecified atom stereocenters. The first-order valence-corrected chi connectivity index (χ1v) is 5.81. The minimum Gasteiger partial charge on any atom is -0.328 e. The Labute approximate surface area is 99.6 Å². The van der Waals surface area contributed by atoms with Crippen molar-refractivity contribution in [1.29, 1.82) is 0 Å². The van der Waals surface area contributed by atoms with Crippen molar-refractivity contribution in [1.82, 2.24) is 19.3 Å². The zero-order chi connectivity index (χ0) is 11.9. The Hall–Kier alpha value is -1.36. The van der Waals surface area contributed by atoms with E-state index in [9.17, 15) is 0 Å². The Bertz CT molecular complexity index is 587. The predicted octanol–water partition coefficient (Wildman–Crippen LogP) is 2.97. The number of nitrogens with one attached hydrogen (secondary N) is 1. The highest BCUT2D eigenvalue weighted by molar-refractivity contribution is 7.71. The van der Waals surface area contributed by atoms with Gasteiger partial charge < -0.3 is 4.98 Å². The highest BCUT2D eigenvalue weighted by Gasteiger charge is 2.15. The Morgan fingerprint density at radius 1 is 1.62 bits per heavy atom. The molecule has 0 spiro atoms. The lowest BCUT2D eigenvalue weighted by molar-refractivity contribution is 0.607. The molecule has 1 atom stereocenters. The van der Waals surface area contributed by atoms with Gasteiger partial charge in [0.25, 0.3) is 0 Å². The quantitative estimate of drug-likeness (QED) is 0.657. The van der Waals surface area contributed by atoms with Gasteiger partial charge in [0.2, 0.25) is 0 Å².